The van der Waals surface area contributed by atoms with Crippen LogP contribution in [0.15, 0.2) is 24.3 Å². The maximum Gasteiger partial charge on any atom is 0.236 e. The van der Waals surface area contributed by atoms with Gasteiger partial charge in [-0.25, -0.2) is 0 Å². The van der Waals surface area contributed by atoms with Crippen LogP contribution in [0.3, 0.4) is 0 Å². The molecule has 0 radical (unpaired) electrons. The van der Waals surface area contributed by atoms with Crippen molar-refractivity contribution < 1.29 is 14.6 Å². The highest BCUT2D eigenvalue weighted by molar-refractivity contribution is 5.81. The van der Waals surface area contributed by atoms with Gasteiger partial charge >= 0.3 is 0 Å². The van der Waals surface area contributed by atoms with Crippen LogP contribution in [0.5, 0.6) is 5.75 Å². The quantitative estimate of drug-likeness (QED) is 0.623. The minimum absolute atomic E-state index is 0.0810. The van der Waals surface area contributed by atoms with Crippen molar-refractivity contribution in [2.24, 2.45) is 0 Å². The van der Waals surface area contributed by atoms with E-state index in [2.05, 4.69) is 10.6 Å². The van der Waals surface area contributed by atoms with Crippen molar-refractivity contribution in [1.29, 1.82) is 0 Å². The minimum atomic E-state index is -0.318. The molecule has 1 aromatic rings. The Hall–Kier alpha value is -1.59. The summed E-state index contributed by atoms with van der Waals surface area (Å²) >= 11 is 0. The third-order valence-corrected chi connectivity index (χ3v) is 2.59. The first-order chi connectivity index (χ1) is 8.65. The van der Waals surface area contributed by atoms with Gasteiger partial charge in [0, 0.05) is 25.8 Å². The lowest BCUT2D eigenvalue weighted by atomic mass is 10.2. The molecule has 1 atom stereocenters. The van der Waals surface area contributed by atoms with Crippen molar-refractivity contribution in [2.45, 2.75) is 19.5 Å². The number of hydrogen-bond acceptors (Lipinski definition) is 4. The lowest BCUT2D eigenvalue weighted by molar-refractivity contribution is -0.123. The van der Waals surface area contributed by atoms with Gasteiger partial charge in [-0.1, -0.05) is 18.2 Å². The Morgan fingerprint density at radius 2 is 2.17 bits per heavy atom. The lowest BCUT2D eigenvalue weighted by Crippen LogP contribution is -2.42. The first-order valence-corrected chi connectivity index (χ1v) is 5.92. The van der Waals surface area contributed by atoms with E-state index in [1.807, 2.05) is 12.1 Å². The highest BCUT2D eigenvalue weighted by Crippen LogP contribution is 2.14. The molecular weight excluding hydrogens is 232 g/mol. The topological polar surface area (TPSA) is 70.6 Å². The van der Waals surface area contributed by atoms with Gasteiger partial charge in [0.05, 0.1) is 12.6 Å². The predicted octanol–water partition coefficient (Wildman–Crippen LogP) is 0.633. The Morgan fingerprint density at radius 1 is 1.44 bits per heavy atom. The number of carbonyl (C=O) groups is 1. The zero-order valence-corrected chi connectivity index (χ0v) is 10.8. The fourth-order valence-electron chi connectivity index (χ4n) is 1.45. The zero-order valence-electron chi connectivity index (χ0n) is 10.8. The molecule has 100 valence electrons. The molecule has 5 nitrogen and oxygen atoms in total. The number of phenols is 1. The molecule has 0 aliphatic heterocycles. The number of benzene rings is 1. The van der Waals surface area contributed by atoms with E-state index in [0.717, 1.165) is 5.56 Å². The fourth-order valence-corrected chi connectivity index (χ4v) is 1.45. The number of phenolic OH excluding ortho intramolecular Hbond substituents is 1. The van der Waals surface area contributed by atoms with Gasteiger partial charge < -0.3 is 20.5 Å². The molecule has 5 heteroatoms. The van der Waals surface area contributed by atoms with Gasteiger partial charge in [-0.2, -0.15) is 0 Å². The summed E-state index contributed by atoms with van der Waals surface area (Å²) in [5.74, 6) is 0.152. The number of nitrogens with one attached hydrogen (secondary N) is 2. The van der Waals surface area contributed by atoms with E-state index >= 15 is 0 Å². The molecule has 1 aromatic carbocycles. The van der Waals surface area contributed by atoms with Crippen LogP contribution in [0.25, 0.3) is 0 Å². The molecule has 3 N–H and O–H groups in total. The summed E-state index contributed by atoms with van der Waals surface area (Å²) in [6.07, 6.45) is 0. The van der Waals surface area contributed by atoms with Crippen LogP contribution in [0.1, 0.15) is 12.5 Å². The van der Waals surface area contributed by atoms with Gasteiger partial charge in [0.15, 0.2) is 0 Å². The molecule has 0 aliphatic carbocycles. The summed E-state index contributed by atoms with van der Waals surface area (Å²) < 4.78 is 4.85. The van der Waals surface area contributed by atoms with Crippen LogP contribution in [-0.4, -0.2) is 37.3 Å². The highest BCUT2D eigenvalue weighted by atomic mass is 16.5. The Bertz CT molecular complexity index is 382. The Balaban J connectivity index is 2.34. The number of amides is 1. The Kier molecular flexibility index (Phi) is 6.18. The van der Waals surface area contributed by atoms with Crippen LogP contribution < -0.4 is 10.6 Å². The van der Waals surface area contributed by atoms with Crippen molar-refractivity contribution in [3.05, 3.63) is 29.8 Å². The molecule has 0 saturated heterocycles. The van der Waals surface area contributed by atoms with Gasteiger partial charge in [0.2, 0.25) is 5.91 Å². The first kappa shape index (κ1) is 14.5. The molecule has 1 rings (SSSR count). The van der Waals surface area contributed by atoms with E-state index in [9.17, 15) is 9.90 Å². The second-order valence-corrected chi connectivity index (χ2v) is 4.02. The lowest BCUT2D eigenvalue weighted by Gasteiger charge is -2.14. The maximum atomic E-state index is 11.6. The summed E-state index contributed by atoms with van der Waals surface area (Å²) in [6.45, 7) is 3.23. The van der Waals surface area contributed by atoms with Gasteiger partial charge in [-0.05, 0) is 13.0 Å². The van der Waals surface area contributed by atoms with E-state index in [1.165, 1.54) is 0 Å². The van der Waals surface area contributed by atoms with Crippen molar-refractivity contribution in [2.75, 3.05) is 20.3 Å². The molecule has 1 amide bonds. The third-order valence-electron chi connectivity index (χ3n) is 2.59. The first-order valence-electron chi connectivity index (χ1n) is 5.92. The molecule has 0 aliphatic rings. The summed E-state index contributed by atoms with van der Waals surface area (Å²) in [4.78, 5) is 11.6. The molecule has 0 saturated carbocycles. The number of carbonyl (C=O) groups excluding carboxylic acids is 1. The average molecular weight is 252 g/mol. The largest absolute Gasteiger partial charge is 0.508 e. The normalized spacial score (nSPS) is 12.1. The van der Waals surface area contributed by atoms with E-state index in [-0.39, 0.29) is 17.7 Å². The van der Waals surface area contributed by atoms with Gasteiger partial charge in [-0.15, -0.1) is 0 Å². The number of ether oxygens (including phenoxy) is 1. The number of para-hydroxylation sites is 1. The molecule has 0 bridgehead atoms. The van der Waals surface area contributed by atoms with Gasteiger partial charge in [0.1, 0.15) is 5.75 Å². The number of methoxy groups -OCH3 is 1. The van der Waals surface area contributed by atoms with Crippen molar-refractivity contribution in [1.82, 2.24) is 10.6 Å². The van der Waals surface area contributed by atoms with Crippen LogP contribution >= 0.6 is 0 Å². The predicted molar refractivity (Wildman–Crippen MR) is 69.3 cm³/mol. The van der Waals surface area contributed by atoms with Crippen molar-refractivity contribution >= 4 is 5.91 Å². The number of hydrogen-bond donors (Lipinski definition) is 3. The molecule has 0 aromatic heterocycles. The van der Waals surface area contributed by atoms with E-state index in [0.29, 0.717) is 19.7 Å². The second kappa shape index (κ2) is 7.68. The second-order valence-electron chi connectivity index (χ2n) is 4.02. The SMILES string of the molecule is COCCNC(=O)C(C)NCc1ccccc1O. The summed E-state index contributed by atoms with van der Waals surface area (Å²) in [7, 11) is 1.59. The van der Waals surface area contributed by atoms with Crippen LogP contribution in [0, 0.1) is 0 Å². The van der Waals surface area contributed by atoms with Crippen molar-refractivity contribution in [3.8, 4) is 5.75 Å². The molecule has 0 spiro atoms. The van der Waals surface area contributed by atoms with Crippen LogP contribution in [0.4, 0.5) is 0 Å². The summed E-state index contributed by atoms with van der Waals surface area (Å²) in [5, 5.41) is 15.4. The highest BCUT2D eigenvalue weighted by Gasteiger charge is 2.11. The van der Waals surface area contributed by atoms with Gasteiger partial charge in [-0.3, -0.25) is 4.79 Å². The smallest absolute Gasteiger partial charge is 0.236 e. The summed E-state index contributed by atoms with van der Waals surface area (Å²) in [6, 6.07) is 6.74. The van der Waals surface area contributed by atoms with Crippen LogP contribution in [0.2, 0.25) is 0 Å². The standard InChI is InChI=1S/C13H20N2O3/c1-10(13(17)14-7-8-18-2)15-9-11-5-3-4-6-12(11)16/h3-6,10,15-16H,7-9H2,1-2H3,(H,14,17). The van der Waals surface area contributed by atoms with Gasteiger partial charge in [0.25, 0.3) is 0 Å². The Labute approximate surface area is 107 Å². The van der Waals surface area contributed by atoms with E-state index in [1.54, 1.807) is 26.2 Å². The molecule has 0 heterocycles. The third kappa shape index (κ3) is 4.73. The molecular formula is C13H20N2O3. The Morgan fingerprint density at radius 3 is 2.83 bits per heavy atom. The maximum absolute atomic E-state index is 11.6. The zero-order chi connectivity index (χ0) is 13.4. The van der Waals surface area contributed by atoms with E-state index < -0.39 is 0 Å². The summed E-state index contributed by atoms with van der Waals surface area (Å²) in [5.41, 5.74) is 0.772. The minimum Gasteiger partial charge on any atom is -0.508 e. The molecule has 0 fully saturated rings. The van der Waals surface area contributed by atoms with Crippen LogP contribution in [-0.2, 0) is 16.1 Å². The number of aromatic hydroxyl groups is 1. The molecule has 1 unspecified atom stereocenters. The molecule has 18 heavy (non-hydrogen) atoms. The number of rotatable bonds is 7. The fraction of sp³-hybridized carbons (Fsp3) is 0.462. The average Bonchev–Trinajstić information content (AvgIpc) is 2.37. The monoisotopic (exact) mass is 252 g/mol. The van der Waals surface area contributed by atoms with E-state index in [4.69, 9.17) is 4.74 Å². The van der Waals surface area contributed by atoms with Crippen molar-refractivity contribution in [3.63, 3.8) is 0 Å².